The van der Waals surface area contributed by atoms with Crippen molar-refractivity contribution in [2.24, 2.45) is 0 Å². The van der Waals surface area contributed by atoms with Gasteiger partial charge < -0.3 is 5.32 Å². The van der Waals surface area contributed by atoms with Crippen LogP contribution in [0.25, 0.3) is 0 Å². The number of carbonyl (C=O) groups is 1. The standard InChI is InChI=1S/C16H14ClN3O5S/c17-13-10-11(19-8-3-9-26(19,24)25)6-7-14(13)18-16(21)12-4-1-2-5-15(12)20(22)23/h1-2,4-7,10H,3,8-9H2,(H,18,21). The Kier molecular flexibility index (Phi) is 4.84. The predicted molar refractivity (Wildman–Crippen MR) is 98.3 cm³/mol. The number of benzene rings is 2. The first-order valence-corrected chi connectivity index (χ1v) is 9.63. The monoisotopic (exact) mass is 395 g/mol. The highest BCUT2D eigenvalue weighted by Gasteiger charge is 2.29. The van der Waals surface area contributed by atoms with Gasteiger partial charge in [-0.1, -0.05) is 23.7 Å². The fourth-order valence-corrected chi connectivity index (χ4v) is 4.48. The highest BCUT2D eigenvalue weighted by atomic mass is 35.5. The lowest BCUT2D eigenvalue weighted by molar-refractivity contribution is -0.385. The molecule has 8 nitrogen and oxygen atoms in total. The molecule has 1 amide bonds. The Morgan fingerprint density at radius 3 is 2.58 bits per heavy atom. The second-order valence-electron chi connectivity index (χ2n) is 5.63. The molecule has 3 rings (SSSR count). The lowest BCUT2D eigenvalue weighted by Crippen LogP contribution is -2.25. The van der Waals surface area contributed by atoms with Crippen LogP contribution in [0.2, 0.25) is 5.02 Å². The van der Waals surface area contributed by atoms with Gasteiger partial charge >= 0.3 is 0 Å². The minimum absolute atomic E-state index is 0.0841. The number of halogens is 1. The number of anilines is 2. The van der Waals surface area contributed by atoms with Crippen LogP contribution in [0.4, 0.5) is 17.1 Å². The van der Waals surface area contributed by atoms with Crippen LogP contribution in [0, 0.1) is 10.1 Å². The minimum Gasteiger partial charge on any atom is -0.320 e. The maximum Gasteiger partial charge on any atom is 0.282 e. The van der Waals surface area contributed by atoms with Gasteiger partial charge in [0.05, 0.1) is 27.1 Å². The largest absolute Gasteiger partial charge is 0.320 e. The van der Waals surface area contributed by atoms with E-state index in [1.807, 2.05) is 0 Å². The van der Waals surface area contributed by atoms with E-state index in [0.29, 0.717) is 18.7 Å². The fraction of sp³-hybridized carbons (Fsp3) is 0.188. The summed E-state index contributed by atoms with van der Waals surface area (Å²) >= 11 is 6.16. The van der Waals surface area contributed by atoms with Gasteiger partial charge in [-0.15, -0.1) is 0 Å². The molecule has 0 atom stereocenters. The van der Waals surface area contributed by atoms with Crippen LogP contribution in [-0.2, 0) is 10.0 Å². The maximum absolute atomic E-state index is 12.4. The zero-order valence-electron chi connectivity index (χ0n) is 13.4. The van der Waals surface area contributed by atoms with E-state index < -0.39 is 20.9 Å². The number of carbonyl (C=O) groups excluding carboxylic acids is 1. The van der Waals surface area contributed by atoms with Crippen LogP contribution < -0.4 is 9.62 Å². The molecule has 1 saturated heterocycles. The van der Waals surface area contributed by atoms with Crippen molar-refractivity contribution in [2.45, 2.75) is 6.42 Å². The average Bonchev–Trinajstić information content (AvgIpc) is 2.95. The molecule has 0 aliphatic carbocycles. The SMILES string of the molecule is O=C(Nc1ccc(N2CCCS2(=O)=O)cc1Cl)c1ccccc1[N+](=O)[O-]. The van der Waals surface area contributed by atoms with Gasteiger partial charge in [0.2, 0.25) is 10.0 Å². The Balaban J connectivity index is 1.85. The zero-order chi connectivity index (χ0) is 18.9. The second kappa shape index (κ2) is 6.93. The fourth-order valence-electron chi connectivity index (χ4n) is 2.70. The first-order chi connectivity index (χ1) is 12.3. The molecule has 1 aliphatic heterocycles. The molecule has 0 radical (unpaired) electrons. The molecule has 10 heteroatoms. The highest BCUT2D eigenvalue weighted by molar-refractivity contribution is 7.93. The maximum atomic E-state index is 12.4. The van der Waals surface area contributed by atoms with Crippen molar-refractivity contribution in [3.05, 3.63) is 63.2 Å². The van der Waals surface area contributed by atoms with E-state index in [2.05, 4.69) is 5.32 Å². The molecule has 136 valence electrons. The van der Waals surface area contributed by atoms with Crippen LogP contribution in [0.3, 0.4) is 0 Å². The molecule has 0 unspecified atom stereocenters. The van der Waals surface area contributed by atoms with Gasteiger partial charge in [-0.3, -0.25) is 19.2 Å². The molecule has 0 bridgehead atoms. The molecule has 1 heterocycles. The van der Waals surface area contributed by atoms with Crippen molar-refractivity contribution in [3.63, 3.8) is 0 Å². The zero-order valence-corrected chi connectivity index (χ0v) is 15.0. The predicted octanol–water partition coefficient (Wildman–Crippen LogP) is 3.04. The third-order valence-corrected chi connectivity index (χ3v) is 6.12. The van der Waals surface area contributed by atoms with E-state index in [4.69, 9.17) is 11.6 Å². The first kappa shape index (κ1) is 18.2. The van der Waals surface area contributed by atoms with Crippen molar-refractivity contribution >= 4 is 44.6 Å². The number of hydrogen-bond acceptors (Lipinski definition) is 5. The Bertz CT molecular complexity index is 993. The minimum atomic E-state index is -3.34. The number of amides is 1. The summed E-state index contributed by atoms with van der Waals surface area (Å²) < 4.78 is 25.2. The summed E-state index contributed by atoms with van der Waals surface area (Å²) in [5, 5.41) is 13.7. The highest BCUT2D eigenvalue weighted by Crippen LogP contribution is 2.31. The van der Waals surface area contributed by atoms with Gasteiger partial charge in [-0.05, 0) is 30.7 Å². The molecule has 2 aromatic carbocycles. The molecule has 0 saturated carbocycles. The van der Waals surface area contributed by atoms with Crippen LogP contribution in [0.5, 0.6) is 0 Å². The van der Waals surface area contributed by atoms with Crippen LogP contribution >= 0.6 is 11.6 Å². The quantitative estimate of drug-likeness (QED) is 0.632. The number of nitro benzene ring substituents is 1. The summed E-state index contributed by atoms with van der Waals surface area (Å²) in [7, 11) is -3.34. The van der Waals surface area contributed by atoms with E-state index in [1.54, 1.807) is 0 Å². The lowest BCUT2D eigenvalue weighted by Gasteiger charge is -2.18. The summed E-state index contributed by atoms with van der Waals surface area (Å²) in [4.78, 5) is 22.7. The average molecular weight is 396 g/mol. The Morgan fingerprint density at radius 1 is 1.23 bits per heavy atom. The van der Waals surface area contributed by atoms with Gasteiger partial charge in [0, 0.05) is 12.6 Å². The number of hydrogen-bond donors (Lipinski definition) is 1. The summed E-state index contributed by atoms with van der Waals surface area (Å²) in [6.45, 7) is 0.376. The van der Waals surface area contributed by atoms with Crippen LogP contribution in [0.1, 0.15) is 16.8 Å². The molecular weight excluding hydrogens is 382 g/mol. The number of sulfonamides is 1. The number of rotatable bonds is 4. The van der Waals surface area contributed by atoms with Gasteiger partial charge in [0.15, 0.2) is 0 Å². The van der Waals surface area contributed by atoms with Gasteiger partial charge in [-0.2, -0.15) is 0 Å². The van der Waals surface area contributed by atoms with E-state index in [0.717, 1.165) is 0 Å². The molecule has 1 fully saturated rings. The number of nitro groups is 1. The van der Waals surface area contributed by atoms with Crippen LogP contribution in [-0.4, -0.2) is 31.5 Å². The Hall–Kier alpha value is -2.65. The topological polar surface area (TPSA) is 110 Å². The van der Waals surface area contributed by atoms with Crippen molar-refractivity contribution in [1.82, 2.24) is 0 Å². The normalized spacial score (nSPS) is 15.7. The molecular formula is C16H14ClN3O5S. The van der Waals surface area contributed by atoms with Crippen molar-refractivity contribution < 1.29 is 18.1 Å². The molecule has 1 aliphatic rings. The van der Waals surface area contributed by atoms with Gasteiger partial charge in [0.25, 0.3) is 11.6 Å². The summed E-state index contributed by atoms with van der Waals surface area (Å²) in [6, 6.07) is 10.0. The molecule has 2 aromatic rings. The molecule has 0 aromatic heterocycles. The van der Waals surface area contributed by atoms with Gasteiger partial charge in [0.1, 0.15) is 5.56 Å². The molecule has 0 spiro atoms. The summed E-state index contributed by atoms with van der Waals surface area (Å²) in [6.07, 6.45) is 0.538. The number of nitrogens with one attached hydrogen (secondary N) is 1. The lowest BCUT2D eigenvalue weighted by atomic mass is 10.1. The first-order valence-electron chi connectivity index (χ1n) is 7.64. The van der Waals surface area contributed by atoms with E-state index in [1.165, 1.54) is 46.8 Å². The Labute approximate surface area is 154 Å². The molecule has 1 N–H and O–H groups in total. The number of nitrogens with zero attached hydrogens (tertiary/aromatic N) is 2. The summed E-state index contributed by atoms with van der Waals surface area (Å²) in [5.41, 5.74) is 0.229. The van der Waals surface area contributed by atoms with Crippen molar-refractivity contribution in [3.8, 4) is 0 Å². The van der Waals surface area contributed by atoms with Crippen LogP contribution in [0.15, 0.2) is 42.5 Å². The van der Waals surface area contributed by atoms with Crippen molar-refractivity contribution in [1.29, 1.82) is 0 Å². The second-order valence-corrected chi connectivity index (χ2v) is 8.05. The third kappa shape index (κ3) is 3.49. The molecule has 26 heavy (non-hydrogen) atoms. The Morgan fingerprint density at radius 2 is 1.96 bits per heavy atom. The van der Waals surface area contributed by atoms with Gasteiger partial charge in [-0.25, -0.2) is 8.42 Å². The number of para-hydroxylation sites is 1. The van der Waals surface area contributed by atoms with E-state index in [9.17, 15) is 23.3 Å². The smallest absolute Gasteiger partial charge is 0.282 e. The van der Waals surface area contributed by atoms with E-state index >= 15 is 0 Å². The summed E-state index contributed by atoms with van der Waals surface area (Å²) in [5.74, 6) is -0.596. The van der Waals surface area contributed by atoms with Crippen molar-refractivity contribution in [2.75, 3.05) is 21.9 Å². The van der Waals surface area contributed by atoms with E-state index in [-0.39, 0.29) is 27.7 Å². The third-order valence-electron chi connectivity index (χ3n) is 3.93.